The van der Waals surface area contributed by atoms with Crippen LogP contribution in [0.3, 0.4) is 0 Å². The van der Waals surface area contributed by atoms with E-state index in [1.165, 1.54) is 5.56 Å². The lowest BCUT2D eigenvalue weighted by atomic mass is 10.1. The number of H-pyrrole nitrogens is 1. The lowest BCUT2D eigenvalue weighted by molar-refractivity contribution is -0.121. The third kappa shape index (κ3) is 4.86. The number of carbonyl (C=O) groups excluding carboxylic acids is 1. The van der Waals surface area contributed by atoms with Crippen LogP contribution in [-0.4, -0.2) is 48.5 Å². The molecule has 5 aromatic rings. The zero-order chi connectivity index (χ0) is 25.2. The van der Waals surface area contributed by atoms with Crippen molar-refractivity contribution in [3.63, 3.8) is 0 Å². The first kappa shape index (κ1) is 23.7. The number of aromatic nitrogens is 6. The van der Waals surface area contributed by atoms with Gasteiger partial charge < -0.3 is 15.6 Å². The molecule has 9 nitrogen and oxygen atoms in total. The van der Waals surface area contributed by atoms with E-state index in [-0.39, 0.29) is 5.91 Å². The summed E-state index contributed by atoms with van der Waals surface area (Å²) in [4.78, 5) is 24.9. The van der Waals surface area contributed by atoms with Gasteiger partial charge in [-0.15, -0.1) is 10.2 Å². The second kappa shape index (κ2) is 9.93. The number of aryl methyl sites for hydroxylation is 2. The van der Waals surface area contributed by atoms with Gasteiger partial charge in [0.15, 0.2) is 5.82 Å². The molecule has 3 heterocycles. The van der Waals surface area contributed by atoms with Crippen molar-refractivity contribution in [1.29, 1.82) is 0 Å². The van der Waals surface area contributed by atoms with Gasteiger partial charge in [-0.3, -0.25) is 9.20 Å². The van der Waals surface area contributed by atoms with Crippen LogP contribution in [0.4, 0.5) is 5.82 Å². The highest BCUT2D eigenvalue weighted by Crippen LogP contribution is 2.27. The van der Waals surface area contributed by atoms with Gasteiger partial charge in [0.2, 0.25) is 11.6 Å². The van der Waals surface area contributed by atoms with Crippen molar-refractivity contribution in [2.24, 2.45) is 5.92 Å². The molecule has 0 fully saturated rings. The van der Waals surface area contributed by atoms with Crippen molar-refractivity contribution in [1.82, 2.24) is 34.9 Å². The fourth-order valence-electron chi connectivity index (χ4n) is 4.43. The Morgan fingerprint density at radius 2 is 1.83 bits per heavy atom. The van der Waals surface area contributed by atoms with Crippen molar-refractivity contribution in [3.8, 4) is 11.4 Å². The first-order chi connectivity index (χ1) is 17.4. The van der Waals surface area contributed by atoms with Gasteiger partial charge in [-0.2, -0.15) is 0 Å². The van der Waals surface area contributed by atoms with Crippen LogP contribution in [0.1, 0.15) is 44.5 Å². The Labute approximate surface area is 209 Å². The molecule has 2 aromatic carbocycles. The number of nitrogens with one attached hydrogen (secondary N) is 3. The zero-order valence-corrected chi connectivity index (χ0v) is 21.2. The summed E-state index contributed by atoms with van der Waals surface area (Å²) >= 11 is 0. The van der Waals surface area contributed by atoms with Crippen LogP contribution in [-0.2, 0) is 4.79 Å². The number of carbonyl (C=O) groups is 1. The minimum atomic E-state index is 0.116. The molecular formula is C27H32N8O. The van der Waals surface area contributed by atoms with Gasteiger partial charge >= 0.3 is 0 Å². The van der Waals surface area contributed by atoms with Gasteiger partial charge in [0.25, 0.3) is 0 Å². The molecule has 0 radical (unpaired) electrons. The monoisotopic (exact) mass is 484 g/mol. The van der Waals surface area contributed by atoms with Crippen molar-refractivity contribution in [3.05, 3.63) is 47.8 Å². The largest absolute Gasteiger partial charge is 0.367 e. The maximum absolute atomic E-state index is 11.8. The summed E-state index contributed by atoms with van der Waals surface area (Å²) in [6.45, 7) is 9.52. The van der Waals surface area contributed by atoms with E-state index in [1.54, 1.807) is 0 Å². The fourth-order valence-corrected chi connectivity index (χ4v) is 4.43. The standard InChI is InChI=1S/C27H32N8O/c1-16(2)13-24(36)28-11-5-6-12-29-26-27-34-33-18(4)35(27)23-10-8-19(15-22(23)32-26)25-30-20-9-7-17(3)14-21(20)31-25/h7-10,14-16H,5-6,11-13H2,1-4H3,(H,28,36)(H,29,32)(H,30,31). The number of nitrogens with zero attached hydrogens (tertiary/aromatic N) is 5. The van der Waals surface area contributed by atoms with Gasteiger partial charge in [-0.25, -0.2) is 9.97 Å². The van der Waals surface area contributed by atoms with E-state index in [1.807, 2.05) is 49.4 Å². The summed E-state index contributed by atoms with van der Waals surface area (Å²) in [6.07, 6.45) is 2.36. The van der Waals surface area contributed by atoms with E-state index in [0.29, 0.717) is 30.3 Å². The molecule has 36 heavy (non-hydrogen) atoms. The number of hydrogen-bond acceptors (Lipinski definition) is 6. The Morgan fingerprint density at radius 3 is 2.67 bits per heavy atom. The van der Waals surface area contributed by atoms with Crippen LogP contribution in [0.25, 0.3) is 39.1 Å². The molecule has 9 heteroatoms. The highest BCUT2D eigenvalue weighted by Gasteiger charge is 2.15. The summed E-state index contributed by atoms with van der Waals surface area (Å²) < 4.78 is 2.03. The van der Waals surface area contributed by atoms with Crippen molar-refractivity contribution >= 4 is 39.4 Å². The van der Waals surface area contributed by atoms with E-state index in [2.05, 4.69) is 44.9 Å². The molecule has 1 amide bonds. The second-order valence-electron chi connectivity index (χ2n) is 9.76. The van der Waals surface area contributed by atoms with E-state index in [0.717, 1.165) is 58.7 Å². The second-order valence-corrected chi connectivity index (χ2v) is 9.76. The number of rotatable bonds is 9. The van der Waals surface area contributed by atoms with Gasteiger partial charge in [-0.05, 0) is 68.5 Å². The van der Waals surface area contributed by atoms with Crippen molar-refractivity contribution in [2.45, 2.75) is 47.0 Å². The third-order valence-electron chi connectivity index (χ3n) is 6.21. The molecule has 0 aliphatic heterocycles. The van der Waals surface area contributed by atoms with Gasteiger partial charge in [-0.1, -0.05) is 19.9 Å². The number of unbranched alkanes of at least 4 members (excludes halogenated alkanes) is 1. The Kier molecular flexibility index (Phi) is 6.54. The molecule has 0 aliphatic carbocycles. The van der Waals surface area contributed by atoms with Crippen molar-refractivity contribution in [2.75, 3.05) is 18.4 Å². The molecule has 3 N–H and O–H groups in total. The third-order valence-corrected chi connectivity index (χ3v) is 6.21. The maximum Gasteiger partial charge on any atom is 0.220 e. The number of imidazole rings is 1. The van der Waals surface area contributed by atoms with E-state index >= 15 is 0 Å². The van der Waals surface area contributed by atoms with E-state index in [9.17, 15) is 4.79 Å². The molecule has 0 aliphatic rings. The molecule has 0 saturated heterocycles. The molecule has 0 unspecified atom stereocenters. The minimum Gasteiger partial charge on any atom is -0.367 e. The molecule has 0 bridgehead atoms. The average Bonchev–Trinajstić information content (AvgIpc) is 3.44. The molecule has 0 atom stereocenters. The predicted octanol–water partition coefficient (Wildman–Crippen LogP) is 4.79. The van der Waals surface area contributed by atoms with Crippen LogP contribution in [0, 0.1) is 19.8 Å². The van der Waals surface area contributed by atoms with Crippen LogP contribution in [0.15, 0.2) is 36.4 Å². The zero-order valence-electron chi connectivity index (χ0n) is 21.2. The van der Waals surface area contributed by atoms with Crippen LogP contribution < -0.4 is 10.6 Å². The lowest BCUT2D eigenvalue weighted by Gasteiger charge is -2.11. The number of fused-ring (bicyclic) bond motifs is 4. The molecule has 5 rings (SSSR count). The van der Waals surface area contributed by atoms with E-state index < -0.39 is 0 Å². The first-order valence-corrected chi connectivity index (χ1v) is 12.5. The lowest BCUT2D eigenvalue weighted by Crippen LogP contribution is -2.25. The van der Waals surface area contributed by atoms with Crippen LogP contribution >= 0.6 is 0 Å². The summed E-state index contributed by atoms with van der Waals surface area (Å²) in [6, 6.07) is 12.3. The molecule has 0 saturated carbocycles. The molecule has 3 aromatic heterocycles. The number of amides is 1. The van der Waals surface area contributed by atoms with E-state index in [4.69, 9.17) is 9.97 Å². The smallest absolute Gasteiger partial charge is 0.220 e. The molecular weight excluding hydrogens is 452 g/mol. The summed E-state index contributed by atoms with van der Waals surface area (Å²) in [5.41, 5.74) is 6.61. The number of hydrogen-bond donors (Lipinski definition) is 3. The maximum atomic E-state index is 11.8. The van der Waals surface area contributed by atoms with Gasteiger partial charge in [0.1, 0.15) is 11.6 Å². The SMILES string of the molecule is Cc1ccc2nc(-c3ccc4c(c3)nc(NCCCCNC(=O)CC(C)C)c3nnc(C)n34)[nH]c2c1. The number of benzene rings is 2. The average molecular weight is 485 g/mol. The quantitative estimate of drug-likeness (QED) is 0.259. The van der Waals surface area contributed by atoms with Gasteiger partial charge in [0.05, 0.1) is 22.1 Å². The Balaban J connectivity index is 1.36. The molecule has 186 valence electrons. The predicted molar refractivity (Wildman–Crippen MR) is 143 cm³/mol. The van der Waals surface area contributed by atoms with Crippen molar-refractivity contribution < 1.29 is 4.79 Å². The summed E-state index contributed by atoms with van der Waals surface area (Å²) in [5.74, 6) is 2.81. The highest BCUT2D eigenvalue weighted by atomic mass is 16.1. The Bertz CT molecular complexity index is 1550. The Morgan fingerprint density at radius 1 is 1.00 bits per heavy atom. The topological polar surface area (TPSA) is 113 Å². The fraction of sp³-hybridized carbons (Fsp3) is 0.370. The Hall–Kier alpha value is -4.01. The molecule has 0 spiro atoms. The van der Waals surface area contributed by atoms with Crippen LogP contribution in [0.2, 0.25) is 0 Å². The van der Waals surface area contributed by atoms with Crippen LogP contribution in [0.5, 0.6) is 0 Å². The van der Waals surface area contributed by atoms with Gasteiger partial charge in [0, 0.05) is 25.1 Å². The normalized spacial score (nSPS) is 11.7. The summed E-state index contributed by atoms with van der Waals surface area (Å²) in [7, 11) is 0. The number of aromatic amines is 1. The first-order valence-electron chi connectivity index (χ1n) is 12.5. The highest BCUT2D eigenvalue weighted by molar-refractivity contribution is 5.87. The number of anilines is 1. The summed E-state index contributed by atoms with van der Waals surface area (Å²) in [5, 5.41) is 15.1. The minimum absolute atomic E-state index is 0.116.